The molecule has 0 saturated heterocycles. The fraction of sp³-hybridized carbons (Fsp3) is 0. The average Bonchev–Trinajstić information content (AvgIpc) is 2.85. The molecule has 0 saturated carbocycles. The quantitative estimate of drug-likeness (QED) is 0.328. The zero-order valence-electron chi connectivity index (χ0n) is 17.7. The van der Waals surface area contributed by atoms with Gasteiger partial charge in [-0.3, -0.25) is 14.4 Å². The molecule has 168 valence electrons. The van der Waals surface area contributed by atoms with Gasteiger partial charge in [-0.25, -0.2) is 4.79 Å². The summed E-state index contributed by atoms with van der Waals surface area (Å²) in [5.41, 5.74) is 1.16. The number of aromatic carboxylic acids is 1. The topological polar surface area (TPSA) is 132 Å². The van der Waals surface area contributed by atoms with Gasteiger partial charge in [0.2, 0.25) is 10.9 Å². The first-order valence-electron chi connectivity index (χ1n) is 10.3. The van der Waals surface area contributed by atoms with Gasteiger partial charge < -0.3 is 20.4 Å². The molecule has 0 bridgehead atoms. The highest BCUT2D eigenvalue weighted by Crippen LogP contribution is 2.10. The maximum atomic E-state index is 12.3. The number of anilines is 1. The Morgan fingerprint density at radius 2 is 1.12 bits per heavy atom. The van der Waals surface area contributed by atoms with Crippen molar-refractivity contribution >= 4 is 39.4 Å². The van der Waals surface area contributed by atoms with Crippen LogP contribution in [0.3, 0.4) is 0 Å². The van der Waals surface area contributed by atoms with E-state index in [9.17, 15) is 19.2 Å². The second kappa shape index (κ2) is 9.66. The molecule has 3 aromatic carbocycles. The maximum Gasteiger partial charge on any atom is 0.341 e. The molecule has 5 aromatic rings. The van der Waals surface area contributed by atoms with E-state index in [1.807, 2.05) is 24.3 Å². The Kier molecular flexibility index (Phi) is 6.31. The average molecular weight is 453 g/mol. The normalized spacial score (nSPS) is 10.4. The van der Waals surface area contributed by atoms with Gasteiger partial charge in [0.1, 0.15) is 11.1 Å². The van der Waals surface area contributed by atoms with Crippen LogP contribution in [0.25, 0.3) is 21.8 Å². The summed E-state index contributed by atoms with van der Waals surface area (Å²) in [6.45, 7) is 0. The number of pyridine rings is 2. The Morgan fingerprint density at radius 1 is 0.647 bits per heavy atom. The van der Waals surface area contributed by atoms with Gasteiger partial charge in [0.05, 0.1) is 0 Å². The number of H-pyrrole nitrogens is 2. The first kappa shape index (κ1) is 22.2. The third kappa shape index (κ3) is 4.61. The number of nitrogens with one attached hydrogen (secondary N) is 3. The lowest BCUT2D eigenvalue weighted by Gasteiger charge is -2.05. The van der Waals surface area contributed by atoms with Crippen molar-refractivity contribution in [2.75, 3.05) is 5.32 Å². The maximum absolute atomic E-state index is 12.3. The summed E-state index contributed by atoms with van der Waals surface area (Å²) in [5.74, 6) is -1.62. The second-order valence-corrected chi connectivity index (χ2v) is 7.28. The van der Waals surface area contributed by atoms with Gasteiger partial charge in [-0.05, 0) is 36.4 Å². The molecule has 2 aromatic heterocycles. The van der Waals surface area contributed by atoms with E-state index in [0.29, 0.717) is 27.5 Å². The van der Waals surface area contributed by atoms with Crippen molar-refractivity contribution in [1.29, 1.82) is 0 Å². The van der Waals surface area contributed by atoms with Crippen LogP contribution in [0.15, 0.2) is 101 Å². The number of carboxylic acids is 1. The lowest BCUT2D eigenvalue weighted by atomic mass is 10.1. The third-order valence-corrected chi connectivity index (χ3v) is 5.08. The molecular weight excluding hydrogens is 434 g/mol. The molecule has 5 rings (SSSR count). The Bertz CT molecular complexity index is 1620. The van der Waals surface area contributed by atoms with Crippen LogP contribution in [0.1, 0.15) is 20.7 Å². The minimum Gasteiger partial charge on any atom is -0.477 e. The highest BCUT2D eigenvalue weighted by atomic mass is 16.4. The number of carboxylic acid groups (broad SMARTS) is 1. The number of carbonyl (C=O) groups excluding carboxylic acids is 1. The van der Waals surface area contributed by atoms with Crippen molar-refractivity contribution in [2.24, 2.45) is 0 Å². The van der Waals surface area contributed by atoms with Crippen molar-refractivity contribution in [3.8, 4) is 0 Å². The zero-order chi connectivity index (χ0) is 24.1. The predicted octanol–water partition coefficient (Wildman–Crippen LogP) is 4.01. The number of fused-ring (bicyclic) bond motifs is 2. The molecule has 0 fully saturated rings. The summed E-state index contributed by atoms with van der Waals surface area (Å²) < 4.78 is 0. The summed E-state index contributed by atoms with van der Waals surface area (Å²) in [5, 5.41) is 12.3. The molecule has 8 heteroatoms. The Morgan fingerprint density at radius 3 is 1.68 bits per heavy atom. The van der Waals surface area contributed by atoms with Crippen LogP contribution in [0.4, 0.5) is 5.69 Å². The minimum absolute atomic E-state index is 0.104. The number of hydrogen-bond donors (Lipinski definition) is 4. The van der Waals surface area contributed by atoms with Crippen LogP contribution in [-0.2, 0) is 0 Å². The first-order valence-corrected chi connectivity index (χ1v) is 10.3. The number of aromatic amines is 2. The predicted molar refractivity (Wildman–Crippen MR) is 130 cm³/mol. The summed E-state index contributed by atoms with van der Waals surface area (Å²) in [7, 11) is 0. The largest absolute Gasteiger partial charge is 0.477 e. The Labute approximate surface area is 192 Å². The molecular formula is C26H19N3O5. The second-order valence-electron chi connectivity index (χ2n) is 7.28. The molecule has 1 amide bonds. The SMILES string of the molecule is O=C(Nc1ccccc1)c1c[nH]c2ccccc2c1=O.O=C(O)c1c[nH]c2ccccc2c1=O. The van der Waals surface area contributed by atoms with E-state index in [1.54, 1.807) is 54.6 Å². The van der Waals surface area contributed by atoms with E-state index in [4.69, 9.17) is 5.11 Å². The van der Waals surface area contributed by atoms with E-state index in [-0.39, 0.29) is 16.6 Å². The van der Waals surface area contributed by atoms with Gasteiger partial charge >= 0.3 is 5.97 Å². The van der Waals surface area contributed by atoms with Crippen LogP contribution < -0.4 is 16.2 Å². The van der Waals surface area contributed by atoms with Crippen molar-refractivity contribution in [3.63, 3.8) is 0 Å². The molecule has 0 atom stereocenters. The van der Waals surface area contributed by atoms with Crippen LogP contribution in [0.5, 0.6) is 0 Å². The first-order chi connectivity index (χ1) is 16.5. The number of amides is 1. The molecule has 8 nitrogen and oxygen atoms in total. The lowest BCUT2D eigenvalue weighted by Crippen LogP contribution is -2.21. The number of aromatic nitrogens is 2. The minimum atomic E-state index is -1.21. The van der Waals surface area contributed by atoms with Crippen molar-refractivity contribution in [1.82, 2.24) is 9.97 Å². The lowest BCUT2D eigenvalue weighted by molar-refractivity contribution is 0.0695. The molecule has 0 aliphatic carbocycles. The number of benzene rings is 3. The highest BCUT2D eigenvalue weighted by molar-refractivity contribution is 6.05. The van der Waals surface area contributed by atoms with Crippen molar-refractivity contribution < 1.29 is 14.7 Å². The summed E-state index contributed by atoms with van der Waals surface area (Å²) in [4.78, 5) is 52.4. The van der Waals surface area contributed by atoms with Gasteiger partial charge in [-0.15, -0.1) is 0 Å². The molecule has 0 aliphatic rings. The van der Waals surface area contributed by atoms with Crippen molar-refractivity contribution in [3.05, 3.63) is 123 Å². The fourth-order valence-electron chi connectivity index (χ4n) is 3.38. The molecule has 2 heterocycles. The molecule has 0 aliphatic heterocycles. The summed E-state index contributed by atoms with van der Waals surface area (Å²) in [6.07, 6.45) is 2.66. The van der Waals surface area contributed by atoms with Crippen LogP contribution in [0, 0.1) is 0 Å². The third-order valence-electron chi connectivity index (χ3n) is 5.08. The standard InChI is InChI=1S/C16H12N2O2.C10H7NO3/c19-15-12-8-4-5-9-14(12)17-10-13(15)16(20)18-11-6-2-1-3-7-11;12-9-6-3-1-2-4-8(6)11-5-7(9)10(13)14/h1-10H,(H,17,19)(H,18,20);1-5H,(H,11,12)(H,13,14). The molecule has 0 radical (unpaired) electrons. The highest BCUT2D eigenvalue weighted by Gasteiger charge is 2.13. The number of para-hydroxylation sites is 3. The number of rotatable bonds is 3. The number of carbonyl (C=O) groups is 2. The van der Waals surface area contributed by atoms with Crippen molar-refractivity contribution in [2.45, 2.75) is 0 Å². The van der Waals surface area contributed by atoms with Gasteiger partial charge in [0, 0.05) is 39.9 Å². The van der Waals surface area contributed by atoms with E-state index >= 15 is 0 Å². The zero-order valence-corrected chi connectivity index (χ0v) is 17.7. The Hall–Kier alpha value is -4.98. The monoisotopic (exact) mass is 453 g/mol. The van der Waals surface area contributed by atoms with E-state index in [2.05, 4.69) is 15.3 Å². The molecule has 34 heavy (non-hydrogen) atoms. The molecule has 0 unspecified atom stereocenters. The van der Waals surface area contributed by atoms with E-state index < -0.39 is 17.3 Å². The molecule has 4 N–H and O–H groups in total. The van der Waals surface area contributed by atoms with Gasteiger partial charge in [-0.2, -0.15) is 0 Å². The fourth-order valence-corrected chi connectivity index (χ4v) is 3.38. The molecule has 0 spiro atoms. The summed E-state index contributed by atoms with van der Waals surface area (Å²) >= 11 is 0. The van der Waals surface area contributed by atoms with Crippen LogP contribution in [0.2, 0.25) is 0 Å². The van der Waals surface area contributed by atoms with Gasteiger partial charge in [-0.1, -0.05) is 42.5 Å². The number of hydrogen-bond acceptors (Lipinski definition) is 4. The van der Waals surface area contributed by atoms with Crippen LogP contribution in [-0.4, -0.2) is 27.0 Å². The van der Waals surface area contributed by atoms with E-state index in [0.717, 1.165) is 0 Å². The summed E-state index contributed by atoms with van der Waals surface area (Å²) in [6, 6.07) is 23.0. The Balaban J connectivity index is 0.000000172. The van der Waals surface area contributed by atoms with Gasteiger partial charge in [0.15, 0.2) is 0 Å². The van der Waals surface area contributed by atoms with Gasteiger partial charge in [0.25, 0.3) is 5.91 Å². The smallest absolute Gasteiger partial charge is 0.341 e. The van der Waals surface area contributed by atoms with E-state index in [1.165, 1.54) is 12.4 Å². The van der Waals surface area contributed by atoms with Crippen LogP contribution >= 0.6 is 0 Å².